The van der Waals surface area contributed by atoms with Crippen LogP contribution in [-0.4, -0.2) is 35.8 Å². The van der Waals surface area contributed by atoms with Gasteiger partial charge in [-0.05, 0) is 27.7 Å². The van der Waals surface area contributed by atoms with E-state index in [0.717, 1.165) is 11.4 Å². The Balaban J connectivity index is 2.80. The Kier molecular flexibility index (Phi) is 4.03. The van der Waals surface area contributed by atoms with E-state index in [-0.39, 0.29) is 18.6 Å². The highest BCUT2D eigenvalue weighted by atomic mass is 16.5. The Morgan fingerprint density at radius 1 is 1.53 bits per heavy atom. The van der Waals surface area contributed by atoms with E-state index in [0.29, 0.717) is 6.61 Å². The molecule has 0 N–H and O–H groups in total. The zero-order chi connectivity index (χ0) is 11.4. The topological polar surface area (TPSA) is 41.9 Å². The number of nitrogens with zero attached hydrogens (tertiary/aromatic N) is 2. The van der Waals surface area contributed by atoms with Gasteiger partial charge in [-0.3, -0.25) is 9.79 Å². The average molecular weight is 210 g/mol. The summed E-state index contributed by atoms with van der Waals surface area (Å²) < 4.78 is 5.15. The lowest BCUT2D eigenvalue weighted by Gasteiger charge is -2.33. The lowest BCUT2D eigenvalue weighted by molar-refractivity contribution is -0.144. The van der Waals surface area contributed by atoms with Crippen LogP contribution in [0.25, 0.3) is 0 Å². The largest absolute Gasteiger partial charge is 0.369 e. The summed E-state index contributed by atoms with van der Waals surface area (Å²) in [4.78, 5) is 17.5. The number of amides is 1. The SMILES string of the molecule is CC(=CN=C(C)C)N1C(=O)COCC1C. The Bertz CT molecular complexity index is 304. The van der Waals surface area contributed by atoms with Crippen molar-refractivity contribution < 1.29 is 9.53 Å². The highest BCUT2D eigenvalue weighted by Gasteiger charge is 2.26. The summed E-state index contributed by atoms with van der Waals surface area (Å²) in [6.07, 6.45) is 1.73. The Morgan fingerprint density at radius 3 is 2.73 bits per heavy atom. The van der Waals surface area contributed by atoms with E-state index in [1.807, 2.05) is 27.7 Å². The molecule has 0 bridgehead atoms. The van der Waals surface area contributed by atoms with Gasteiger partial charge in [0.2, 0.25) is 0 Å². The van der Waals surface area contributed by atoms with E-state index in [9.17, 15) is 4.79 Å². The van der Waals surface area contributed by atoms with Gasteiger partial charge in [-0.1, -0.05) is 0 Å². The van der Waals surface area contributed by atoms with Gasteiger partial charge in [-0.15, -0.1) is 0 Å². The summed E-state index contributed by atoms with van der Waals surface area (Å²) in [6.45, 7) is 8.47. The maximum absolute atomic E-state index is 11.6. The summed E-state index contributed by atoms with van der Waals surface area (Å²) in [5, 5.41) is 0. The third kappa shape index (κ3) is 3.16. The molecule has 1 aliphatic rings. The maximum atomic E-state index is 11.6. The molecule has 15 heavy (non-hydrogen) atoms. The fourth-order valence-corrected chi connectivity index (χ4v) is 1.54. The first-order valence-electron chi connectivity index (χ1n) is 5.10. The Labute approximate surface area is 90.6 Å². The summed E-state index contributed by atoms with van der Waals surface area (Å²) in [5.41, 5.74) is 1.85. The molecular formula is C11H18N2O2. The zero-order valence-electron chi connectivity index (χ0n) is 9.78. The standard InChI is InChI=1S/C11H18N2O2/c1-8(2)12-5-9(3)13-10(4)6-15-7-11(13)14/h5,10H,6-7H2,1-4H3. The summed E-state index contributed by atoms with van der Waals surface area (Å²) in [7, 11) is 0. The Hall–Kier alpha value is -1.16. The van der Waals surface area contributed by atoms with E-state index in [1.165, 1.54) is 0 Å². The van der Waals surface area contributed by atoms with Crippen LogP contribution in [0.15, 0.2) is 16.9 Å². The first-order chi connectivity index (χ1) is 7.02. The molecule has 0 aliphatic carbocycles. The molecule has 1 atom stereocenters. The molecule has 0 aromatic heterocycles. The van der Waals surface area contributed by atoms with Gasteiger partial charge >= 0.3 is 0 Å². The van der Waals surface area contributed by atoms with E-state index in [2.05, 4.69) is 4.99 Å². The summed E-state index contributed by atoms with van der Waals surface area (Å²) >= 11 is 0. The minimum absolute atomic E-state index is 0.00598. The van der Waals surface area contributed by atoms with Crippen LogP contribution in [0.5, 0.6) is 0 Å². The van der Waals surface area contributed by atoms with E-state index < -0.39 is 0 Å². The monoisotopic (exact) mass is 210 g/mol. The summed E-state index contributed by atoms with van der Waals surface area (Å²) in [5.74, 6) is 0.00598. The van der Waals surface area contributed by atoms with Gasteiger partial charge in [0.25, 0.3) is 5.91 Å². The second-order valence-electron chi connectivity index (χ2n) is 3.97. The molecule has 1 heterocycles. The predicted molar refractivity (Wildman–Crippen MR) is 59.7 cm³/mol. The number of carbonyl (C=O) groups is 1. The summed E-state index contributed by atoms with van der Waals surface area (Å²) in [6, 6.07) is 0.0925. The van der Waals surface area contributed by atoms with Gasteiger partial charge in [0.1, 0.15) is 6.61 Å². The van der Waals surface area contributed by atoms with Crippen LogP contribution in [0.4, 0.5) is 0 Å². The van der Waals surface area contributed by atoms with Crippen molar-refractivity contribution in [2.45, 2.75) is 33.7 Å². The van der Waals surface area contributed by atoms with Crippen LogP contribution >= 0.6 is 0 Å². The number of hydrogen-bond donors (Lipinski definition) is 0. The fourth-order valence-electron chi connectivity index (χ4n) is 1.54. The third-order valence-corrected chi connectivity index (χ3v) is 2.18. The molecular weight excluding hydrogens is 192 g/mol. The number of morpholine rings is 1. The molecule has 1 fully saturated rings. The van der Waals surface area contributed by atoms with Gasteiger partial charge < -0.3 is 9.64 Å². The van der Waals surface area contributed by atoms with Crippen LogP contribution < -0.4 is 0 Å². The number of hydrogen-bond acceptors (Lipinski definition) is 3. The minimum atomic E-state index is 0.00598. The molecule has 4 nitrogen and oxygen atoms in total. The van der Waals surface area contributed by atoms with Gasteiger partial charge in [0.15, 0.2) is 0 Å². The van der Waals surface area contributed by atoms with Crippen LogP contribution in [0.1, 0.15) is 27.7 Å². The molecule has 1 saturated heterocycles. The molecule has 0 saturated carbocycles. The minimum Gasteiger partial charge on any atom is -0.369 e. The van der Waals surface area contributed by atoms with Crippen molar-refractivity contribution in [2.24, 2.45) is 4.99 Å². The van der Waals surface area contributed by atoms with Crippen molar-refractivity contribution in [1.29, 1.82) is 0 Å². The normalized spacial score (nSPS) is 22.9. The lowest BCUT2D eigenvalue weighted by Crippen LogP contribution is -2.46. The molecule has 4 heteroatoms. The highest BCUT2D eigenvalue weighted by Crippen LogP contribution is 2.14. The molecule has 1 amide bonds. The van der Waals surface area contributed by atoms with Crippen molar-refractivity contribution in [1.82, 2.24) is 4.90 Å². The Morgan fingerprint density at radius 2 is 2.20 bits per heavy atom. The molecule has 84 valence electrons. The van der Waals surface area contributed by atoms with Gasteiger partial charge in [-0.25, -0.2) is 0 Å². The first-order valence-corrected chi connectivity index (χ1v) is 5.10. The van der Waals surface area contributed by atoms with Gasteiger partial charge in [-0.2, -0.15) is 0 Å². The van der Waals surface area contributed by atoms with Crippen LogP contribution in [0, 0.1) is 0 Å². The van der Waals surface area contributed by atoms with E-state index >= 15 is 0 Å². The van der Waals surface area contributed by atoms with E-state index in [1.54, 1.807) is 11.1 Å². The molecule has 0 spiro atoms. The number of ether oxygens (including phenoxy) is 1. The molecule has 1 rings (SSSR count). The number of carbonyl (C=O) groups excluding carboxylic acids is 1. The maximum Gasteiger partial charge on any atom is 0.253 e. The predicted octanol–water partition coefficient (Wildman–Crippen LogP) is 1.58. The smallest absolute Gasteiger partial charge is 0.253 e. The zero-order valence-corrected chi connectivity index (χ0v) is 9.78. The second-order valence-corrected chi connectivity index (χ2v) is 3.97. The van der Waals surface area contributed by atoms with Crippen molar-refractivity contribution in [2.75, 3.05) is 13.2 Å². The molecule has 1 aliphatic heterocycles. The van der Waals surface area contributed by atoms with Crippen LogP contribution in [0.2, 0.25) is 0 Å². The van der Waals surface area contributed by atoms with Crippen LogP contribution in [-0.2, 0) is 9.53 Å². The number of rotatable bonds is 2. The molecule has 0 aromatic rings. The number of aliphatic imine (C=N–C) groups is 1. The highest BCUT2D eigenvalue weighted by molar-refractivity contribution is 5.81. The van der Waals surface area contributed by atoms with Crippen molar-refractivity contribution >= 4 is 11.6 Å². The lowest BCUT2D eigenvalue weighted by atomic mass is 10.2. The molecule has 0 radical (unpaired) electrons. The third-order valence-electron chi connectivity index (χ3n) is 2.18. The van der Waals surface area contributed by atoms with Crippen molar-refractivity contribution in [3.63, 3.8) is 0 Å². The first kappa shape index (κ1) is 11.9. The van der Waals surface area contributed by atoms with Crippen molar-refractivity contribution in [3.8, 4) is 0 Å². The molecule has 1 unspecified atom stereocenters. The van der Waals surface area contributed by atoms with E-state index in [4.69, 9.17) is 4.74 Å². The average Bonchev–Trinajstić information content (AvgIpc) is 2.14. The fraction of sp³-hybridized carbons (Fsp3) is 0.636. The quantitative estimate of drug-likeness (QED) is 0.649. The van der Waals surface area contributed by atoms with Gasteiger partial charge in [0, 0.05) is 17.6 Å². The number of allylic oxidation sites excluding steroid dienone is 1. The van der Waals surface area contributed by atoms with Crippen molar-refractivity contribution in [3.05, 3.63) is 11.9 Å². The second kappa shape index (κ2) is 5.07. The van der Waals surface area contributed by atoms with Crippen LogP contribution in [0.3, 0.4) is 0 Å². The molecule has 0 aromatic carbocycles. The van der Waals surface area contributed by atoms with Gasteiger partial charge in [0.05, 0.1) is 12.6 Å².